The summed E-state index contributed by atoms with van der Waals surface area (Å²) in [5.41, 5.74) is 1.12. The fourth-order valence-electron chi connectivity index (χ4n) is 1.79. The molecule has 0 saturated carbocycles. The number of amides is 2. The van der Waals surface area contributed by atoms with Crippen LogP contribution in [0.5, 0.6) is 11.5 Å². The Bertz CT molecular complexity index is 448. The predicted molar refractivity (Wildman–Crippen MR) is 72.6 cm³/mol. The molecule has 5 nitrogen and oxygen atoms in total. The summed E-state index contributed by atoms with van der Waals surface area (Å²) in [5, 5.41) is 5.70. The molecule has 0 saturated heterocycles. The van der Waals surface area contributed by atoms with E-state index in [0.717, 1.165) is 29.9 Å². The van der Waals surface area contributed by atoms with Gasteiger partial charge in [0.05, 0.1) is 0 Å². The van der Waals surface area contributed by atoms with Crippen molar-refractivity contribution >= 4 is 6.03 Å². The van der Waals surface area contributed by atoms with E-state index in [1.165, 1.54) is 0 Å². The van der Waals surface area contributed by atoms with Gasteiger partial charge in [-0.05, 0) is 37.5 Å². The Labute approximate surface area is 113 Å². The zero-order chi connectivity index (χ0) is 13.7. The normalized spacial score (nSPS) is 14.0. The number of urea groups is 1. The third kappa shape index (κ3) is 3.77. The Morgan fingerprint density at radius 1 is 1.37 bits per heavy atom. The molecule has 5 heteroatoms. The largest absolute Gasteiger partial charge is 0.454 e. The molecule has 19 heavy (non-hydrogen) atoms. The second kappa shape index (κ2) is 6.31. The summed E-state index contributed by atoms with van der Waals surface area (Å²) in [7, 11) is 0. The number of nitrogens with one attached hydrogen (secondary N) is 2. The van der Waals surface area contributed by atoms with E-state index in [1.54, 1.807) is 0 Å². The molecule has 2 rings (SSSR count). The second-order valence-corrected chi connectivity index (χ2v) is 4.65. The van der Waals surface area contributed by atoms with Crippen molar-refractivity contribution in [3.05, 3.63) is 23.8 Å². The van der Waals surface area contributed by atoms with Crippen molar-refractivity contribution in [3.63, 3.8) is 0 Å². The van der Waals surface area contributed by atoms with E-state index in [1.807, 2.05) is 32.0 Å². The Morgan fingerprint density at radius 2 is 2.16 bits per heavy atom. The highest BCUT2D eigenvalue weighted by Gasteiger charge is 2.13. The van der Waals surface area contributed by atoms with E-state index in [4.69, 9.17) is 9.47 Å². The molecular weight excluding hydrogens is 244 g/mol. The number of carbonyl (C=O) groups excluding carboxylic acids is 1. The summed E-state index contributed by atoms with van der Waals surface area (Å²) in [6.07, 6.45) is 1.69. The van der Waals surface area contributed by atoms with Crippen molar-refractivity contribution in [2.75, 3.05) is 13.3 Å². The van der Waals surface area contributed by atoms with Crippen LogP contribution >= 0.6 is 0 Å². The van der Waals surface area contributed by atoms with Crippen molar-refractivity contribution < 1.29 is 14.3 Å². The number of benzene rings is 1. The molecule has 2 amide bonds. The average molecular weight is 264 g/mol. The van der Waals surface area contributed by atoms with Gasteiger partial charge in [-0.25, -0.2) is 4.79 Å². The maximum absolute atomic E-state index is 11.5. The zero-order valence-corrected chi connectivity index (χ0v) is 11.4. The summed E-state index contributed by atoms with van der Waals surface area (Å²) in [4.78, 5) is 11.5. The van der Waals surface area contributed by atoms with Crippen molar-refractivity contribution in [3.8, 4) is 11.5 Å². The van der Waals surface area contributed by atoms with Crippen molar-refractivity contribution in [1.82, 2.24) is 10.6 Å². The summed E-state index contributed by atoms with van der Waals surface area (Å²) >= 11 is 0. The van der Waals surface area contributed by atoms with Gasteiger partial charge in [0.15, 0.2) is 11.5 Å². The maximum Gasteiger partial charge on any atom is 0.315 e. The first-order valence-corrected chi connectivity index (χ1v) is 6.62. The van der Waals surface area contributed by atoms with E-state index in [-0.39, 0.29) is 18.9 Å². The van der Waals surface area contributed by atoms with E-state index in [0.29, 0.717) is 6.54 Å². The molecule has 0 aromatic heterocycles. The fraction of sp³-hybridized carbons (Fsp3) is 0.500. The van der Waals surface area contributed by atoms with Gasteiger partial charge >= 0.3 is 6.03 Å². The second-order valence-electron chi connectivity index (χ2n) is 4.65. The van der Waals surface area contributed by atoms with Crippen molar-refractivity contribution in [1.29, 1.82) is 0 Å². The maximum atomic E-state index is 11.5. The SMILES string of the molecule is CCC(C)NC(=O)NCCc1ccc2c(c1)OCO2. The number of ether oxygens (including phenoxy) is 2. The molecule has 1 aromatic rings. The molecule has 0 spiro atoms. The number of fused-ring (bicyclic) bond motifs is 1. The molecule has 2 N–H and O–H groups in total. The first-order chi connectivity index (χ1) is 9.19. The van der Waals surface area contributed by atoms with Crippen LogP contribution in [0.15, 0.2) is 18.2 Å². The number of carbonyl (C=O) groups is 1. The molecule has 1 heterocycles. The highest BCUT2D eigenvalue weighted by Crippen LogP contribution is 2.32. The summed E-state index contributed by atoms with van der Waals surface area (Å²) in [6.45, 7) is 4.91. The summed E-state index contributed by atoms with van der Waals surface area (Å²) < 4.78 is 10.6. The minimum absolute atomic E-state index is 0.116. The third-order valence-corrected chi connectivity index (χ3v) is 3.13. The molecular formula is C14H20N2O3. The predicted octanol–water partition coefficient (Wildman–Crippen LogP) is 2.06. The molecule has 1 aliphatic rings. The molecule has 1 atom stereocenters. The minimum Gasteiger partial charge on any atom is -0.454 e. The van der Waals surface area contributed by atoms with Crippen LogP contribution < -0.4 is 20.1 Å². The lowest BCUT2D eigenvalue weighted by Gasteiger charge is -2.12. The van der Waals surface area contributed by atoms with Gasteiger partial charge in [-0.15, -0.1) is 0 Å². The molecule has 0 bridgehead atoms. The highest BCUT2D eigenvalue weighted by molar-refractivity contribution is 5.74. The van der Waals surface area contributed by atoms with Gasteiger partial charge in [0.1, 0.15) is 0 Å². The molecule has 1 unspecified atom stereocenters. The summed E-state index contributed by atoms with van der Waals surface area (Å²) in [5.74, 6) is 1.56. The highest BCUT2D eigenvalue weighted by atomic mass is 16.7. The smallest absolute Gasteiger partial charge is 0.315 e. The van der Waals surface area contributed by atoms with E-state index in [2.05, 4.69) is 10.6 Å². The first-order valence-electron chi connectivity index (χ1n) is 6.62. The topological polar surface area (TPSA) is 59.6 Å². The van der Waals surface area contributed by atoms with Crippen LogP contribution in [0.2, 0.25) is 0 Å². The van der Waals surface area contributed by atoms with Gasteiger partial charge in [0, 0.05) is 12.6 Å². The number of rotatable bonds is 5. The van der Waals surface area contributed by atoms with Crippen LogP contribution in [0.25, 0.3) is 0 Å². The Kier molecular flexibility index (Phi) is 4.49. The molecule has 0 fully saturated rings. The van der Waals surface area contributed by atoms with E-state index >= 15 is 0 Å². The van der Waals surface area contributed by atoms with Crippen LogP contribution in [0, 0.1) is 0 Å². The number of hydrogen-bond donors (Lipinski definition) is 2. The fourth-order valence-corrected chi connectivity index (χ4v) is 1.79. The lowest BCUT2D eigenvalue weighted by molar-refractivity contribution is 0.174. The van der Waals surface area contributed by atoms with Gasteiger partial charge in [0.25, 0.3) is 0 Å². The first kappa shape index (κ1) is 13.5. The molecule has 0 radical (unpaired) electrons. The van der Waals surface area contributed by atoms with Gasteiger partial charge in [-0.3, -0.25) is 0 Å². The molecule has 1 aliphatic heterocycles. The molecule has 104 valence electrons. The van der Waals surface area contributed by atoms with Crippen molar-refractivity contribution in [2.45, 2.75) is 32.7 Å². The zero-order valence-electron chi connectivity index (χ0n) is 11.4. The van der Waals surface area contributed by atoms with Crippen molar-refractivity contribution in [2.24, 2.45) is 0 Å². The van der Waals surface area contributed by atoms with Gasteiger partial charge in [-0.1, -0.05) is 13.0 Å². The van der Waals surface area contributed by atoms with Gasteiger partial charge in [0.2, 0.25) is 6.79 Å². The third-order valence-electron chi connectivity index (χ3n) is 3.13. The van der Waals surface area contributed by atoms with Crippen LogP contribution in [-0.4, -0.2) is 25.4 Å². The standard InChI is InChI=1S/C14H20N2O3/c1-3-10(2)16-14(17)15-7-6-11-4-5-12-13(8-11)19-9-18-12/h4-5,8,10H,3,6-7,9H2,1-2H3,(H2,15,16,17). The van der Waals surface area contributed by atoms with Crippen LogP contribution in [0.4, 0.5) is 4.79 Å². The Morgan fingerprint density at radius 3 is 2.95 bits per heavy atom. The quantitative estimate of drug-likeness (QED) is 0.855. The average Bonchev–Trinajstić information content (AvgIpc) is 2.86. The lowest BCUT2D eigenvalue weighted by atomic mass is 10.1. The van der Waals surface area contributed by atoms with Crippen LogP contribution in [0.1, 0.15) is 25.8 Å². The number of hydrogen-bond acceptors (Lipinski definition) is 3. The van der Waals surface area contributed by atoms with Crippen LogP contribution in [0.3, 0.4) is 0 Å². The Balaban J connectivity index is 1.75. The monoisotopic (exact) mass is 264 g/mol. The lowest BCUT2D eigenvalue weighted by Crippen LogP contribution is -2.41. The van der Waals surface area contributed by atoms with Crippen LogP contribution in [-0.2, 0) is 6.42 Å². The summed E-state index contributed by atoms with van der Waals surface area (Å²) in [6, 6.07) is 5.93. The Hall–Kier alpha value is -1.91. The molecule has 1 aromatic carbocycles. The van der Waals surface area contributed by atoms with Gasteiger partial charge in [-0.2, -0.15) is 0 Å². The molecule has 0 aliphatic carbocycles. The minimum atomic E-state index is -0.116. The van der Waals surface area contributed by atoms with E-state index < -0.39 is 0 Å². The van der Waals surface area contributed by atoms with Gasteiger partial charge < -0.3 is 20.1 Å². The van der Waals surface area contributed by atoms with E-state index in [9.17, 15) is 4.79 Å².